The number of benzene rings is 1. The van der Waals surface area contributed by atoms with Crippen LogP contribution in [-0.4, -0.2) is 30.6 Å². The molecule has 0 aliphatic heterocycles. The molecule has 0 radical (unpaired) electrons. The molecule has 7 nitrogen and oxygen atoms in total. The average molecular weight is 370 g/mol. The molecule has 1 rings (SSSR count). The van der Waals surface area contributed by atoms with Crippen molar-refractivity contribution in [3.8, 4) is 0 Å². The van der Waals surface area contributed by atoms with E-state index < -0.39 is 18.0 Å². The Morgan fingerprint density at radius 2 is 1.84 bits per heavy atom. The van der Waals surface area contributed by atoms with E-state index in [-0.39, 0.29) is 25.0 Å². The van der Waals surface area contributed by atoms with Crippen molar-refractivity contribution in [2.45, 2.75) is 45.2 Å². The highest BCUT2D eigenvalue weighted by atomic mass is 35.5. The zero-order chi connectivity index (χ0) is 18.8. The van der Waals surface area contributed by atoms with Crippen LogP contribution in [0, 0.1) is 0 Å². The number of halogens is 1. The zero-order valence-electron chi connectivity index (χ0n) is 14.4. The van der Waals surface area contributed by atoms with Gasteiger partial charge in [-0.25, -0.2) is 4.79 Å². The first-order valence-electron chi connectivity index (χ1n) is 8.08. The number of carbonyl (C=O) groups is 3. The van der Waals surface area contributed by atoms with Crippen molar-refractivity contribution in [3.05, 3.63) is 34.9 Å². The second kappa shape index (κ2) is 10.6. The maximum absolute atomic E-state index is 12.0. The predicted molar refractivity (Wildman–Crippen MR) is 95.0 cm³/mol. The standard InChI is InChI=1S/C17H24ClN3O4/c1-3-4-11(2)20-15(22)10-25-16(23)9-14(21-17(19)24)12-5-7-13(18)8-6-12/h5-8,11,14H,3-4,9-10H2,1-2H3,(H,20,22)(H3,19,21,24)/t11-,14-/m0/s1. The molecule has 3 amide bonds. The molecule has 2 atom stereocenters. The van der Waals surface area contributed by atoms with Gasteiger partial charge >= 0.3 is 12.0 Å². The summed E-state index contributed by atoms with van der Waals surface area (Å²) in [6, 6.07) is 5.23. The van der Waals surface area contributed by atoms with E-state index in [9.17, 15) is 14.4 Å². The first-order valence-corrected chi connectivity index (χ1v) is 8.46. The van der Waals surface area contributed by atoms with Crippen LogP contribution in [0.25, 0.3) is 0 Å². The molecule has 0 bridgehead atoms. The lowest BCUT2D eigenvalue weighted by Gasteiger charge is -2.18. The molecular weight excluding hydrogens is 346 g/mol. The van der Waals surface area contributed by atoms with E-state index in [1.807, 2.05) is 13.8 Å². The Morgan fingerprint density at radius 1 is 1.20 bits per heavy atom. The van der Waals surface area contributed by atoms with E-state index in [2.05, 4.69) is 10.6 Å². The van der Waals surface area contributed by atoms with Gasteiger partial charge in [-0.15, -0.1) is 0 Å². The number of rotatable bonds is 9. The lowest BCUT2D eigenvalue weighted by molar-refractivity contribution is -0.149. The van der Waals surface area contributed by atoms with Crippen molar-refractivity contribution in [2.75, 3.05) is 6.61 Å². The molecule has 0 saturated heterocycles. The van der Waals surface area contributed by atoms with E-state index in [1.54, 1.807) is 24.3 Å². The van der Waals surface area contributed by atoms with Gasteiger partial charge in [-0.3, -0.25) is 9.59 Å². The van der Waals surface area contributed by atoms with Crippen molar-refractivity contribution >= 4 is 29.5 Å². The van der Waals surface area contributed by atoms with Gasteiger partial charge in [0, 0.05) is 11.1 Å². The molecule has 4 N–H and O–H groups in total. The van der Waals surface area contributed by atoms with Gasteiger partial charge in [0.05, 0.1) is 12.5 Å². The summed E-state index contributed by atoms with van der Waals surface area (Å²) < 4.78 is 4.97. The summed E-state index contributed by atoms with van der Waals surface area (Å²) in [4.78, 5) is 34.8. The van der Waals surface area contributed by atoms with Gasteiger partial charge in [-0.1, -0.05) is 37.1 Å². The van der Waals surface area contributed by atoms with Crippen LogP contribution >= 0.6 is 11.6 Å². The molecule has 8 heteroatoms. The molecule has 0 unspecified atom stereocenters. The fourth-order valence-corrected chi connectivity index (χ4v) is 2.44. The van der Waals surface area contributed by atoms with E-state index in [0.717, 1.165) is 12.8 Å². The molecule has 138 valence electrons. The number of hydrogen-bond donors (Lipinski definition) is 3. The minimum atomic E-state index is -0.765. The Morgan fingerprint density at radius 3 is 2.40 bits per heavy atom. The van der Waals surface area contributed by atoms with E-state index in [0.29, 0.717) is 10.6 Å². The Bertz CT molecular complexity index is 592. The van der Waals surface area contributed by atoms with Crippen LogP contribution in [0.15, 0.2) is 24.3 Å². The lowest BCUT2D eigenvalue weighted by atomic mass is 10.0. The normalized spacial score (nSPS) is 12.8. The van der Waals surface area contributed by atoms with Gasteiger partial charge in [-0.05, 0) is 31.0 Å². The number of amides is 3. The van der Waals surface area contributed by atoms with Crippen molar-refractivity contribution < 1.29 is 19.1 Å². The van der Waals surface area contributed by atoms with Gasteiger partial charge < -0.3 is 21.1 Å². The van der Waals surface area contributed by atoms with E-state index in [1.165, 1.54) is 0 Å². The quantitative estimate of drug-likeness (QED) is 0.580. The highest BCUT2D eigenvalue weighted by Gasteiger charge is 2.19. The molecule has 0 saturated carbocycles. The minimum absolute atomic E-state index is 0.0227. The number of nitrogens with one attached hydrogen (secondary N) is 2. The fraction of sp³-hybridized carbons (Fsp3) is 0.471. The number of nitrogens with two attached hydrogens (primary N) is 1. The summed E-state index contributed by atoms with van der Waals surface area (Å²) in [6.45, 7) is 3.54. The largest absolute Gasteiger partial charge is 0.456 e. The lowest BCUT2D eigenvalue weighted by Crippen LogP contribution is -2.37. The molecule has 0 spiro atoms. The molecule has 0 heterocycles. The van der Waals surface area contributed by atoms with Crippen molar-refractivity contribution in [3.63, 3.8) is 0 Å². The van der Waals surface area contributed by atoms with Crippen LogP contribution in [0.4, 0.5) is 4.79 Å². The van der Waals surface area contributed by atoms with Gasteiger partial charge in [-0.2, -0.15) is 0 Å². The van der Waals surface area contributed by atoms with Crippen molar-refractivity contribution in [1.82, 2.24) is 10.6 Å². The number of urea groups is 1. The third kappa shape index (κ3) is 8.39. The Labute approximate surface area is 152 Å². The van der Waals surface area contributed by atoms with Gasteiger partial charge in [0.15, 0.2) is 6.61 Å². The Hall–Kier alpha value is -2.28. The van der Waals surface area contributed by atoms with Crippen LogP contribution in [0.2, 0.25) is 5.02 Å². The number of primary amides is 1. The molecule has 0 aliphatic carbocycles. The maximum Gasteiger partial charge on any atom is 0.312 e. The van der Waals surface area contributed by atoms with Crippen LogP contribution in [0.3, 0.4) is 0 Å². The third-order valence-corrected chi connectivity index (χ3v) is 3.70. The molecule has 25 heavy (non-hydrogen) atoms. The number of hydrogen-bond acceptors (Lipinski definition) is 4. The Kier molecular flexibility index (Phi) is 8.77. The Balaban J connectivity index is 2.56. The van der Waals surface area contributed by atoms with Crippen LogP contribution in [0.1, 0.15) is 44.7 Å². The highest BCUT2D eigenvalue weighted by molar-refractivity contribution is 6.30. The number of carbonyl (C=O) groups excluding carboxylic acids is 3. The maximum atomic E-state index is 12.0. The topological polar surface area (TPSA) is 111 Å². The number of ether oxygens (including phenoxy) is 1. The molecule has 0 aliphatic rings. The summed E-state index contributed by atoms with van der Waals surface area (Å²) in [5.41, 5.74) is 5.80. The van der Waals surface area contributed by atoms with Crippen molar-refractivity contribution in [2.24, 2.45) is 5.73 Å². The monoisotopic (exact) mass is 369 g/mol. The molecule has 1 aromatic carbocycles. The average Bonchev–Trinajstić information content (AvgIpc) is 2.53. The minimum Gasteiger partial charge on any atom is -0.456 e. The number of esters is 1. The molecule has 0 fully saturated rings. The summed E-state index contributed by atoms with van der Waals surface area (Å²) in [6.07, 6.45) is 1.64. The smallest absolute Gasteiger partial charge is 0.312 e. The molecular formula is C17H24ClN3O4. The second-order valence-electron chi connectivity index (χ2n) is 5.73. The zero-order valence-corrected chi connectivity index (χ0v) is 15.1. The van der Waals surface area contributed by atoms with Gasteiger partial charge in [0.2, 0.25) is 0 Å². The van der Waals surface area contributed by atoms with Gasteiger partial charge in [0.25, 0.3) is 5.91 Å². The summed E-state index contributed by atoms with van der Waals surface area (Å²) >= 11 is 5.83. The highest BCUT2D eigenvalue weighted by Crippen LogP contribution is 2.19. The van der Waals surface area contributed by atoms with E-state index >= 15 is 0 Å². The third-order valence-electron chi connectivity index (χ3n) is 3.45. The predicted octanol–water partition coefficient (Wildman–Crippen LogP) is 2.29. The molecule has 0 aromatic heterocycles. The SMILES string of the molecule is CCC[C@H](C)NC(=O)COC(=O)C[C@H](NC(N)=O)c1ccc(Cl)cc1. The second-order valence-corrected chi connectivity index (χ2v) is 6.17. The summed E-state index contributed by atoms with van der Waals surface area (Å²) in [7, 11) is 0. The molecule has 1 aromatic rings. The van der Waals surface area contributed by atoms with Crippen molar-refractivity contribution in [1.29, 1.82) is 0 Å². The van der Waals surface area contributed by atoms with Crippen LogP contribution < -0.4 is 16.4 Å². The summed E-state index contributed by atoms with van der Waals surface area (Å²) in [5.74, 6) is -0.979. The fourth-order valence-electron chi connectivity index (χ4n) is 2.31. The first-order chi connectivity index (χ1) is 11.8. The van der Waals surface area contributed by atoms with Crippen LogP contribution in [-0.2, 0) is 14.3 Å². The van der Waals surface area contributed by atoms with Gasteiger partial charge in [0.1, 0.15) is 0 Å². The summed E-state index contributed by atoms with van der Waals surface area (Å²) in [5, 5.41) is 5.75. The van der Waals surface area contributed by atoms with Crippen LogP contribution in [0.5, 0.6) is 0 Å². The first kappa shape index (κ1) is 20.8. The van der Waals surface area contributed by atoms with E-state index in [4.69, 9.17) is 22.1 Å².